The van der Waals surface area contributed by atoms with E-state index in [4.69, 9.17) is 0 Å². The number of pyridine rings is 1. The maximum Gasteiger partial charge on any atom is 0.255 e. The highest BCUT2D eigenvalue weighted by atomic mass is 19.1. The van der Waals surface area contributed by atoms with Crippen LogP contribution in [-0.4, -0.2) is 28.5 Å². The summed E-state index contributed by atoms with van der Waals surface area (Å²) in [5.41, 5.74) is -0.321. The molecule has 7 heteroatoms. The Bertz CT molecular complexity index is 936. The van der Waals surface area contributed by atoms with E-state index in [0.29, 0.717) is 13.0 Å². The van der Waals surface area contributed by atoms with Crippen molar-refractivity contribution in [2.24, 2.45) is 5.92 Å². The van der Waals surface area contributed by atoms with Crippen LogP contribution in [0.15, 0.2) is 47.4 Å². The van der Waals surface area contributed by atoms with E-state index in [1.165, 1.54) is 36.5 Å². The first kappa shape index (κ1) is 18.8. The van der Waals surface area contributed by atoms with Crippen molar-refractivity contribution >= 4 is 11.8 Å². The van der Waals surface area contributed by atoms with E-state index < -0.39 is 11.4 Å². The molecule has 3 rings (SSSR count). The van der Waals surface area contributed by atoms with Crippen LogP contribution in [-0.2, 0) is 4.79 Å². The lowest BCUT2D eigenvalue weighted by molar-refractivity contribution is -0.122. The maximum absolute atomic E-state index is 14.0. The van der Waals surface area contributed by atoms with Gasteiger partial charge in [0, 0.05) is 30.3 Å². The van der Waals surface area contributed by atoms with Gasteiger partial charge in [0.2, 0.25) is 5.91 Å². The van der Waals surface area contributed by atoms with E-state index >= 15 is 0 Å². The van der Waals surface area contributed by atoms with Crippen molar-refractivity contribution in [1.29, 1.82) is 0 Å². The van der Waals surface area contributed by atoms with Crippen LogP contribution in [0.25, 0.3) is 5.69 Å². The Morgan fingerprint density at radius 2 is 2.00 bits per heavy atom. The second-order valence-corrected chi connectivity index (χ2v) is 7.40. The molecule has 1 saturated heterocycles. The lowest BCUT2D eigenvalue weighted by Crippen LogP contribution is -2.34. The van der Waals surface area contributed by atoms with Crippen LogP contribution < -0.4 is 16.2 Å². The molecule has 2 heterocycles. The number of hydrogen-bond donors (Lipinski definition) is 2. The number of hydrogen-bond acceptors (Lipinski definition) is 3. The third kappa shape index (κ3) is 4.24. The molecule has 1 aliphatic heterocycles. The highest BCUT2D eigenvalue weighted by Gasteiger charge is 2.36. The summed E-state index contributed by atoms with van der Waals surface area (Å²) in [4.78, 5) is 36.3. The van der Waals surface area contributed by atoms with Crippen molar-refractivity contribution in [1.82, 2.24) is 15.2 Å². The van der Waals surface area contributed by atoms with Crippen LogP contribution >= 0.6 is 0 Å². The van der Waals surface area contributed by atoms with Gasteiger partial charge in [0.1, 0.15) is 5.82 Å². The van der Waals surface area contributed by atoms with Crippen LogP contribution in [0.1, 0.15) is 37.0 Å². The lowest BCUT2D eigenvalue weighted by Gasteiger charge is -2.16. The highest BCUT2D eigenvalue weighted by molar-refractivity contribution is 5.94. The molecule has 1 atom stereocenters. The third-order valence-electron chi connectivity index (χ3n) is 4.65. The average Bonchev–Trinajstić information content (AvgIpc) is 2.88. The van der Waals surface area contributed by atoms with Crippen LogP contribution in [0, 0.1) is 11.7 Å². The lowest BCUT2D eigenvalue weighted by atomic mass is 9.94. The smallest absolute Gasteiger partial charge is 0.255 e. The fourth-order valence-corrected chi connectivity index (χ4v) is 3.35. The number of amides is 2. The summed E-state index contributed by atoms with van der Waals surface area (Å²) in [7, 11) is 0. The molecule has 0 bridgehead atoms. The van der Waals surface area contributed by atoms with Gasteiger partial charge in [-0.2, -0.15) is 0 Å². The van der Waals surface area contributed by atoms with Gasteiger partial charge >= 0.3 is 0 Å². The Balaban J connectivity index is 1.67. The van der Waals surface area contributed by atoms with Gasteiger partial charge in [-0.1, -0.05) is 12.1 Å². The first-order valence-electron chi connectivity index (χ1n) is 8.85. The number of nitrogens with one attached hydrogen (secondary N) is 2. The molecule has 2 N–H and O–H groups in total. The molecule has 1 unspecified atom stereocenters. The van der Waals surface area contributed by atoms with E-state index in [1.54, 1.807) is 6.07 Å². The summed E-state index contributed by atoms with van der Waals surface area (Å²) < 4.78 is 15.1. The second kappa shape index (κ2) is 7.34. The van der Waals surface area contributed by atoms with E-state index in [9.17, 15) is 18.8 Å². The second-order valence-electron chi connectivity index (χ2n) is 7.40. The predicted molar refractivity (Wildman–Crippen MR) is 99.3 cm³/mol. The molecular weight excluding hydrogens is 349 g/mol. The Morgan fingerprint density at radius 3 is 2.67 bits per heavy atom. The van der Waals surface area contributed by atoms with Gasteiger partial charge in [0.25, 0.3) is 11.5 Å². The highest BCUT2D eigenvalue weighted by Crippen LogP contribution is 2.26. The molecule has 1 aromatic heterocycles. The Morgan fingerprint density at radius 1 is 1.26 bits per heavy atom. The molecule has 6 nitrogen and oxygen atoms in total. The average molecular weight is 371 g/mol. The first-order valence-corrected chi connectivity index (χ1v) is 8.85. The molecule has 1 fully saturated rings. The number of carbonyl (C=O) groups is 2. The zero-order valence-electron chi connectivity index (χ0n) is 15.3. The van der Waals surface area contributed by atoms with Gasteiger partial charge in [-0.25, -0.2) is 4.39 Å². The molecule has 0 radical (unpaired) electrons. The monoisotopic (exact) mass is 371 g/mol. The van der Waals surface area contributed by atoms with Crippen molar-refractivity contribution in [3.63, 3.8) is 0 Å². The minimum absolute atomic E-state index is 0.00218. The summed E-state index contributed by atoms with van der Waals surface area (Å²) in [5.74, 6) is -1.06. The fraction of sp³-hybridized carbons (Fsp3) is 0.350. The SMILES string of the molecule is CC1(C)CC(CCNC(=O)c2ccc(=O)n(-c3ccccc3F)c2)C(=O)N1. The van der Waals surface area contributed by atoms with Gasteiger partial charge < -0.3 is 10.6 Å². The number of benzene rings is 1. The quantitative estimate of drug-likeness (QED) is 0.844. The van der Waals surface area contributed by atoms with Crippen molar-refractivity contribution in [3.05, 3.63) is 64.3 Å². The van der Waals surface area contributed by atoms with Crippen molar-refractivity contribution in [2.45, 2.75) is 32.2 Å². The largest absolute Gasteiger partial charge is 0.352 e. The number of aromatic nitrogens is 1. The third-order valence-corrected chi connectivity index (χ3v) is 4.65. The molecule has 0 spiro atoms. The minimum atomic E-state index is -0.549. The molecule has 1 aromatic carbocycles. The topological polar surface area (TPSA) is 80.2 Å². The Labute approximate surface area is 156 Å². The molecule has 1 aliphatic rings. The molecule has 2 amide bonds. The molecule has 0 aliphatic carbocycles. The van der Waals surface area contributed by atoms with Gasteiger partial charge in [0.15, 0.2) is 0 Å². The van der Waals surface area contributed by atoms with Gasteiger partial charge in [-0.3, -0.25) is 19.0 Å². The predicted octanol–water partition coefficient (Wildman–Crippen LogP) is 2.01. The molecule has 142 valence electrons. The molecule has 2 aromatic rings. The number of para-hydroxylation sites is 1. The van der Waals surface area contributed by atoms with Crippen molar-refractivity contribution < 1.29 is 14.0 Å². The molecule has 0 saturated carbocycles. The normalized spacial score (nSPS) is 18.2. The summed E-state index contributed by atoms with van der Waals surface area (Å²) >= 11 is 0. The number of halogens is 1. The molecular formula is C20H22FN3O3. The summed E-state index contributed by atoms with van der Waals surface area (Å²) in [6.45, 7) is 4.27. The molecule has 27 heavy (non-hydrogen) atoms. The van der Waals surface area contributed by atoms with E-state index in [1.807, 2.05) is 13.8 Å². The maximum atomic E-state index is 14.0. The Hall–Kier alpha value is -2.96. The number of rotatable bonds is 5. The standard InChI is InChI=1S/C20H22FN3O3/c1-20(2)11-13(19(27)23-20)9-10-22-18(26)14-7-8-17(25)24(12-14)16-6-4-3-5-15(16)21/h3-8,12-13H,9-11H2,1-2H3,(H,22,26)(H,23,27). The summed E-state index contributed by atoms with van der Waals surface area (Å²) in [6.07, 6.45) is 2.58. The van der Waals surface area contributed by atoms with Gasteiger partial charge in [-0.05, 0) is 44.9 Å². The Kier molecular flexibility index (Phi) is 5.12. The van der Waals surface area contributed by atoms with E-state index in [-0.39, 0.29) is 34.5 Å². The van der Waals surface area contributed by atoms with Gasteiger partial charge in [-0.15, -0.1) is 0 Å². The van der Waals surface area contributed by atoms with E-state index in [2.05, 4.69) is 10.6 Å². The zero-order chi connectivity index (χ0) is 19.6. The van der Waals surface area contributed by atoms with E-state index in [0.717, 1.165) is 11.0 Å². The number of carbonyl (C=O) groups excluding carboxylic acids is 2. The summed E-state index contributed by atoms with van der Waals surface area (Å²) in [5, 5.41) is 5.68. The van der Waals surface area contributed by atoms with Crippen LogP contribution in [0.2, 0.25) is 0 Å². The van der Waals surface area contributed by atoms with Crippen molar-refractivity contribution in [3.8, 4) is 5.69 Å². The first-order chi connectivity index (χ1) is 12.8. The van der Waals surface area contributed by atoms with Crippen LogP contribution in [0.3, 0.4) is 0 Å². The van der Waals surface area contributed by atoms with Gasteiger partial charge in [0.05, 0.1) is 11.3 Å². The summed E-state index contributed by atoms with van der Waals surface area (Å²) in [6, 6.07) is 8.50. The number of nitrogens with zero attached hydrogens (tertiary/aromatic N) is 1. The minimum Gasteiger partial charge on any atom is -0.352 e. The van der Waals surface area contributed by atoms with Crippen LogP contribution in [0.4, 0.5) is 4.39 Å². The van der Waals surface area contributed by atoms with Crippen LogP contribution in [0.5, 0.6) is 0 Å². The zero-order valence-corrected chi connectivity index (χ0v) is 15.3. The fourth-order valence-electron chi connectivity index (χ4n) is 3.35. The van der Waals surface area contributed by atoms with Crippen molar-refractivity contribution in [2.75, 3.05) is 6.54 Å².